The number of carbonyl (C=O) groups excluding carboxylic acids is 1. The minimum absolute atomic E-state index is 0.0461. The molecule has 0 aliphatic rings. The van der Waals surface area contributed by atoms with Gasteiger partial charge in [-0.05, 0) is 31.2 Å². The van der Waals surface area contributed by atoms with Gasteiger partial charge in [0.2, 0.25) is 5.78 Å². The van der Waals surface area contributed by atoms with Gasteiger partial charge in [-0.2, -0.15) is 0 Å². The van der Waals surface area contributed by atoms with Gasteiger partial charge in [-0.1, -0.05) is 45.4 Å². The van der Waals surface area contributed by atoms with Crippen molar-refractivity contribution in [1.82, 2.24) is 5.16 Å². The third-order valence-electron chi connectivity index (χ3n) is 3.93. The number of hydrogen-bond donors (Lipinski definition) is 0. The van der Waals surface area contributed by atoms with Gasteiger partial charge in [0.25, 0.3) is 0 Å². The minimum atomic E-state index is -0.508. The number of benzene rings is 2. The molecule has 0 amide bonds. The molecule has 0 fully saturated rings. The standard InChI is InChI=1S/C19H11BrFNO3/c1-10-16(17(22-25-10)11-5-7-13(20)8-6-11)18(23)15-9-12-3-2-4-14(21)19(12)24-15/h2-9H,1H3. The van der Waals surface area contributed by atoms with Crippen molar-refractivity contribution in [3.63, 3.8) is 0 Å². The molecular formula is C19H11BrFNO3. The molecule has 2 heterocycles. The lowest BCUT2D eigenvalue weighted by Crippen LogP contribution is -2.02. The lowest BCUT2D eigenvalue weighted by atomic mass is 10.0. The Morgan fingerprint density at radius 1 is 1.16 bits per heavy atom. The number of ketones is 1. The van der Waals surface area contributed by atoms with Gasteiger partial charge < -0.3 is 8.94 Å². The lowest BCUT2D eigenvalue weighted by Gasteiger charge is -2.01. The van der Waals surface area contributed by atoms with E-state index in [9.17, 15) is 9.18 Å². The molecule has 6 heteroatoms. The van der Waals surface area contributed by atoms with Gasteiger partial charge in [-0.15, -0.1) is 0 Å². The number of fused-ring (bicyclic) bond motifs is 1. The molecule has 25 heavy (non-hydrogen) atoms. The molecule has 0 bridgehead atoms. The van der Waals surface area contributed by atoms with Crippen LogP contribution in [0.2, 0.25) is 0 Å². The highest BCUT2D eigenvalue weighted by Gasteiger charge is 2.25. The Hall–Kier alpha value is -2.73. The SMILES string of the molecule is Cc1onc(-c2ccc(Br)cc2)c1C(=O)c1cc2cccc(F)c2o1. The number of aryl methyl sites for hydroxylation is 1. The molecule has 0 radical (unpaired) electrons. The Morgan fingerprint density at radius 3 is 2.64 bits per heavy atom. The zero-order chi connectivity index (χ0) is 17.6. The summed E-state index contributed by atoms with van der Waals surface area (Å²) in [5, 5.41) is 4.54. The summed E-state index contributed by atoms with van der Waals surface area (Å²) < 4.78 is 25.4. The third-order valence-corrected chi connectivity index (χ3v) is 4.46. The predicted octanol–water partition coefficient (Wildman–Crippen LogP) is 5.53. The van der Waals surface area contributed by atoms with Crippen molar-refractivity contribution >= 4 is 32.7 Å². The van der Waals surface area contributed by atoms with Gasteiger partial charge in [-0.25, -0.2) is 4.39 Å². The molecule has 4 nitrogen and oxygen atoms in total. The summed E-state index contributed by atoms with van der Waals surface area (Å²) in [5.41, 5.74) is 1.54. The average molecular weight is 400 g/mol. The van der Waals surface area contributed by atoms with Crippen LogP contribution in [0.25, 0.3) is 22.2 Å². The summed E-state index contributed by atoms with van der Waals surface area (Å²) in [6.07, 6.45) is 0. The highest BCUT2D eigenvalue weighted by molar-refractivity contribution is 9.10. The zero-order valence-corrected chi connectivity index (χ0v) is 14.6. The monoisotopic (exact) mass is 399 g/mol. The van der Waals surface area contributed by atoms with Gasteiger partial charge in [0.05, 0.1) is 5.56 Å². The molecule has 0 unspecified atom stereocenters. The van der Waals surface area contributed by atoms with Crippen molar-refractivity contribution in [2.75, 3.05) is 0 Å². The van der Waals surface area contributed by atoms with Crippen LogP contribution in [-0.2, 0) is 0 Å². The van der Waals surface area contributed by atoms with Gasteiger partial charge >= 0.3 is 0 Å². The second-order valence-corrected chi connectivity index (χ2v) is 6.48. The van der Waals surface area contributed by atoms with Crippen LogP contribution in [0, 0.1) is 12.7 Å². The number of hydrogen-bond acceptors (Lipinski definition) is 4. The first-order chi connectivity index (χ1) is 12.0. The number of para-hydroxylation sites is 1. The van der Waals surface area contributed by atoms with Crippen molar-refractivity contribution in [2.24, 2.45) is 0 Å². The van der Waals surface area contributed by atoms with Gasteiger partial charge in [0.15, 0.2) is 17.2 Å². The van der Waals surface area contributed by atoms with E-state index in [2.05, 4.69) is 21.1 Å². The highest BCUT2D eigenvalue weighted by atomic mass is 79.9. The molecule has 0 atom stereocenters. The molecule has 4 rings (SSSR count). The second kappa shape index (κ2) is 5.97. The molecule has 0 aliphatic heterocycles. The molecule has 4 aromatic rings. The number of aromatic nitrogens is 1. The fourth-order valence-electron chi connectivity index (χ4n) is 2.71. The number of carbonyl (C=O) groups is 1. The Labute approximate surface area is 150 Å². The Morgan fingerprint density at radius 2 is 1.92 bits per heavy atom. The quantitative estimate of drug-likeness (QED) is 0.425. The summed E-state index contributed by atoms with van der Waals surface area (Å²) in [4.78, 5) is 12.9. The molecule has 124 valence electrons. The summed E-state index contributed by atoms with van der Waals surface area (Å²) >= 11 is 3.37. The van der Waals surface area contributed by atoms with Crippen molar-refractivity contribution in [2.45, 2.75) is 6.92 Å². The maximum absolute atomic E-state index is 13.8. The molecule has 2 aromatic heterocycles. The van der Waals surface area contributed by atoms with E-state index in [0.29, 0.717) is 22.4 Å². The first-order valence-corrected chi connectivity index (χ1v) is 8.29. The number of nitrogens with zero attached hydrogens (tertiary/aromatic N) is 1. The van der Waals surface area contributed by atoms with E-state index >= 15 is 0 Å². The molecule has 0 saturated heterocycles. The topological polar surface area (TPSA) is 56.2 Å². The number of furan rings is 1. The van der Waals surface area contributed by atoms with E-state index in [1.807, 2.05) is 24.3 Å². The van der Waals surface area contributed by atoms with E-state index in [1.165, 1.54) is 12.1 Å². The Bertz CT molecular complexity index is 1100. The van der Waals surface area contributed by atoms with Crippen molar-refractivity contribution < 1.29 is 18.1 Å². The van der Waals surface area contributed by atoms with Crippen LogP contribution >= 0.6 is 15.9 Å². The summed E-state index contributed by atoms with van der Waals surface area (Å²) in [6, 6.07) is 13.4. The Balaban J connectivity index is 1.83. The first-order valence-electron chi connectivity index (χ1n) is 7.49. The van der Waals surface area contributed by atoms with Gasteiger partial charge in [0.1, 0.15) is 11.5 Å². The molecule has 0 saturated carbocycles. The zero-order valence-electron chi connectivity index (χ0n) is 13.0. The van der Waals surface area contributed by atoms with E-state index in [-0.39, 0.29) is 11.3 Å². The predicted molar refractivity (Wildman–Crippen MR) is 94.0 cm³/mol. The van der Waals surface area contributed by atoms with Crippen molar-refractivity contribution in [3.8, 4) is 11.3 Å². The first kappa shape index (κ1) is 15.8. The second-order valence-electron chi connectivity index (χ2n) is 5.57. The normalized spacial score (nSPS) is 11.2. The molecular weight excluding hydrogens is 389 g/mol. The maximum Gasteiger partial charge on any atom is 0.234 e. The van der Waals surface area contributed by atoms with Crippen LogP contribution < -0.4 is 0 Å². The van der Waals surface area contributed by atoms with Crippen LogP contribution in [0.1, 0.15) is 21.9 Å². The van der Waals surface area contributed by atoms with Crippen LogP contribution in [0.4, 0.5) is 4.39 Å². The van der Waals surface area contributed by atoms with Crippen LogP contribution in [0.15, 0.2) is 61.9 Å². The van der Waals surface area contributed by atoms with E-state index in [0.717, 1.165) is 10.0 Å². The largest absolute Gasteiger partial charge is 0.449 e. The summed E-state index contributed by atoms with van der Waals surface area (Å²) in [6.45, 7) is 1.66. The summed E-state index contributed by atoms with van der Waals surface area (Å²) in [5.74, 6) is -0.479. The number of rotatable bonds is 3. The average Bonchev–Trinajstić information content (AvgIpc) is 3.20. The van der Waals surface area contributed by atoms with Gasteiger partial charge in [-0.3, -0.25) is 4.79 Å². The van der Waals surface area contributed by atoms with Crippen LogP contribution in [-0.4, -0.2) is 10.9 Å². The fourth-order valence-corrected chi connectivity index (χ4v) is 2.97. The minimum Gasteiger partial charge on any atom is -0.449 e. The maximum atomic E-state index is 13.8. The summed E-state index contributed by atoms with van der Waals surface area (Å²) in [7, 11) is 0. The molecule has 0 N–H and O–H groups in total. The lowest BCUT2D eigenvalue weighted by molar-refractivity contribution is 0.101. The van der Waals surface area contributed by atoms with Crippen molar-refractivity contribution in [1.29, 1.82) is 0 Å². The van der Waals surface area contributed by atoms with Crippen LogP contribution in [0.5, 0.6) is 0 Å². The van der Waals surface area contributed by atoms with E-state index in [4.69, 9.17) is 8.94 Å². The smallest absolute Gasteiger partial charge is 0.234 e. The molecule has 0 spiro atoms. The van der Waals surface area contributed by atoms with Gasteiger partial charge in [0, 0.05) is 15.4 Å². The molecule has 2 aromatic carbocycles. The van der Waals surface area contributed by atoms with Crippen LogP contribution in [0.3, 0.4) is 0 Å². The highest BCUT2D eigenvalue weighted by Crippen LogP contribution is 2.30. The van der Waals surface area contributed by atoms with E-state index < -0.39 is 11.6 Å². The van der Waals surface area contributed by atoms with E-state index in [1.54, 1.807) is 19.1 Å². The Kier molecular flexibility index (Phi) is 3.77. The number of halogens is 2. The van der Waals surface area contributed by atoms with Crippen molar-refractivity contribution in [3.05, 3.63) is 75.9 Å². The molecule has 0 aliphatic carbocycles. The third kappa shape index (κ3) is 2.68. The fraction of sp³-hybridized carbons (Fsp3) is 0.0526.